The van der Waals surface area contributed by atoms with Crippen molar-refractivity contribution in [2.24, 2.45) is 0 Å². The zero-order valence-corrected chi connectivity index (χ0v) is 10.2. The van der Waals surface area contributed by atoms with E-state index in [2.05, 4.69) is 10.1 Å². The van der Waals surface area contributed by atoms with Crippen LogP contribution in [-0.4, -0.2) is 14.8 Å². The summed E-state index contributed by atoms with van der Waals surface area (Å²) in [6.45, 7) is 3.88. The van der Waals surface area contributed by atoms with E-state index in [9.17, 15) is 8.78 Å². The van der Waals surface area contributed by atoms with Gasteiger partial charge in [-0.1, -0.05) is 13.8 Å². The molecule has 96 valence electrons. The Balaban J connectivity index is 2.60. The Morgan fingerprint density at radius 3 is 2.50 bits per heavy atom. The van der Waals surface area contributed by atoms with Gasteiger partial charge in [0.15, 0.2) is 23.3 Å². The van der Waals surface area contributed by atoms with Crippen molar-refractivity contribution in [3.63, 3.8) is 0 Å². The molecule has 2 N–H and O–H groups in total. The topological polar surface area (TPSA) is 56.7 Å². The SMILES string of the molecule is CCc1cc(CC)n(-c2nc(N)c(F)cc2F)n1. The molecule has 0 aliphatic heterocycles. The molecule has 6 heteroatoms. The molecule has 0 unspecified atom stereocenters. The molecular formula is C12H14F2N4. The Labute approximate surface area is 103 Å². The Hall–Kier alpha value is -1.98. The van der Waals surface area contributed by atoms with Gasteiger partial charge < -0.3 is 5.73 Å². The van der Waals surface area contributed by atoms with Crippen LogP contribution in [0.3, 0.4) is 0 Å². The second-order valence-electron chi connectivity index (χ2n) is 3.91. The van der Waals surface area contributed by atoms with E-state index in [0.29, 0.717) is 6.42 Å². The van der Waals surface area contributed by atoms with Crippen LogP contribution in [0.25, 0.3) is 5.82 Å². The van der Waals surface area contributed by atoms with Gasteiger partial charge in [-0.2, -0.15) is 5.10 Å². The van der Waals surface area contributed by atoms with E-state index in [0.717, 1.165) is 23.9 Å². The van der Waals surface area contributed by atoms with Gasteiger partial charge in [0.2, 0.25) is 0 Å². The fourth-order valence-electron chi connectivity index (χ4n) is 1.70. The first-order chi connectivity index (χ1) is 8.56. The number of nitrogens with two attached hydrogens (primary N) is 1. The van der Waals surface area contributed by atoms with Gasteiger partial charge >= 0.3 is 0 Å². The zero-order valence-electron chi connectivity index (χ0n) is 10.2. The van der Waals surface area contributed by atoms with E-state index in [4.69, 9.17) is 5.73 Å². The quantitative estimate of drug-likeness (QED) is 0.911. The molecule has 0 fully saturated rings. The fraction of sp³-hybridized carbons (Fsp3) is 0.333. The average molecular weight is 252 g/mol. The minimum absolute atomic E-state index is 0.0644. The highest BCUT2D eigenvalue weighted by atomic mass is 19.1. The van der Waals surface area contributed by atoms with Gasteiger partial charge in [0, 0.05) is 11.8 Å². The minimum Gasteiger partial charge on any atom is -0.381 e. The van der Waals surface area contributed by atoms with Crippen LogP contribution in [-0.2, 0) is 12.8 Å². The summed E-state index contributed by atoms with van der Waals surface area (Å²) < 4.78 is 28.2. The van der Waals surface area contributed by atoms with Crippen LogP contribution >= 0.6 is 0 Å². The molecular weight excluding hydrogens is 238 g/mol. The molecule has 0 bridgehead atoms. The van der Waals surface area contributed by atoms with Gasteiger partial charge in [0.1, 0.15) is 0 Å². The van der Waals surface area contributed by atoms with Crippen molar-refractivity contribution >= 4 is 5.82 Å². The summed E-state index contributed by atoms with van der Waals surface area (Å²) in [6, 6.07) is 2.60. The molecule has 0 saturated carbocycles. The number of aryl methyl sites for hydroxylation is 2. The highest BCUT2D eigenvalue weighted by Gasteiger charge is 2.15. The van der Waals surface area contributed by atoms with Gasteiger partial charge in [0.25, 0.3) is 0 Å². The Kier molecular flexibility index (Phi) is 3.27. The van der Waals surface area contributed by atoms with Crippen molar-refractivity contribution in [2.75, 3.05) is 5.73 Å². The molecule has 0 amide bonds. The monoisotopic (exact) mass is 252 g/mol. The van der Waals surface area contributed by atoms with Crippen LogP contribution in [0.1, 0.15) is 25.2 Å². The van der Waals surface area contributed by atoms with E-state index in [-0.39, 0.29) is 11.6 Å². The number of hydrogen-bond acceptors (Lipinski definition) is 3. The minimum atomic E-state index is -0.864. The molecule has 2 heterocycles. The highest BCUT2D eigenvalue weighted by molar-refractivity contribution is 5.39. The van der Waals surface area contributed by atoms with Crippen molar-refractivity contribution in [3.8, 4) is 5.82 Å². The van der Waals surface area contributed by atoms with Crippen molar-refractivity contribution in [2.45, 2.75) is 26.7 Å². The molecule has 0 spiro atoms. The summed E-state index contributed by atoms with van der Waals surface area (Å²) in [5, 5.41) is 4.24. The molecule has 0 aliphatic carbocycles. The summed E-state index contributed by atoms with van der Waals surface area (Å²) >= 11 is 0. The lowest BCUT2D eigenvalue weighted by atomic mass is 10.2. The second kappa shape index (κ2) is 4.72. The number of halogens is 2. The third-order valence-electron chi connectivity index (χ3n) is 2.70. The number of anilines is 1. The Morgan fingerprint density at radius 2 is 1.89 bits per heavy atom. The Morgan fingerprint density at radius 1 is 1.17 bits per heavy atom. The number of rotatable bonds is 3. The van der Waals surface area contributed by atoms with Gasteiger partial charge in [-0.3, -0.25) is 0 Å². The third-order valence-corrected chi connectivity index (χ3v) is 2.70. The van der Waals surface area contributed by atoms with Crippen LogP contribution in [0.2, 0.25) is 0 Å². The lowest BCUT2D eigenvalue weighted by molar-refractivity contribution is 0.561. The molecule has 0 aliphatic rings. The summed E-state index contributed by atoms with van der Waals surface area (Å²) in [7, 11) is 0. The van der Waals surface area contributed by atoms with Crippen LogP contribution in [0, 0.1) is 11.6 Å². The standard InChI is InChI=1S/C12H14F2N4/c1-3-7-5-8(4-2)18(17-7)12-10(14)6-9(13)11(15)16-12/h5-6H,3-4H2,1-2H3,(H2,15,16). The van der Waals surface area contributed by atoms with Gasteiger partial charge in [0.05, 0.1) is 5.69 Å². The summed E-state index contributed by atoms with van der Waals surface area (Å²) in [6.07, 6.45) is 1.41. The average Bonchev–Trinajstić information content (AvgIpc) is 2.77. The van der Waals surface area contributed by atoms with E-state index >= 15 is 0 Å². The first kappa shape index (κ1) is 12.5. The van der Waals surface area contributed by atoms with Crippen LogP contribution in [0.4, 0.5) is 14.6 Å². The van der Waals surface area contributed by atoms with Crippen LogP contribution in [0.5, 0.6) is 0 Å². The second-order valence-corrected chi connectivity index (χ2v) is 3.91. The number of aromatic nitrogens is 3. The number of pyridine rings is 1. The van der Waals surface area contributed by atoms with Gasteiger partial charge in [-0.25, -0.2) is 18.4 Å². The van der Waals surface area contributed by atoms with Crippen LogP contribution < -0.4 is 5.73 Å². The maximum absolute atomic E-state index is 13.7. The molecule has 0 saturated heterocycles. The molecule has 0 atom stereocenters. The lowest BCUT2D eigenvalue weighted by Gasteiger charge is -2.07. The maximum Gasteiger partial charge on any atom is 0.192 e. The maximum atomic E-state index is 13.7. The largest absolute Gasteiger partial charge is 0.381 e. The normalized spacial score (nSPS) is 10.9. The summed E-state index contributed by atoms with van der Waals surface area (Å²) in [4.78, 5) is 3.73. The first-order valence-corrected chi connectivity index (χ1v) is 5.76. The highest BCUT2D eigenvalue weighted by Crippen LogP contribution is 2.18. The smallest absolute Gasteiger partial charge is 0.192 e. The zero-order chi connectivity index (χ0) is 13.3. The fourth-order valence-corrected chi connectivity index (χ4v) is 1.70. The molecule has 4 nitrogen and oxygen atoms in total. The molecule has 0 radical (unpaired) electrons. The van der Waals surface area contributed by atoms with Crippen molar-refractivity contribution in [3.05, 3.63) is 35.2 Å². The number of nitrogen functional groups attached to an aromatic ring is 1. The predicted molar refractivity (Wildman–Crippen MR) is 64.4 cm³/mol. The number of hydrogen-bond donors (Lipinski definition) is 1. The van der Waals surface area contributed by atoms with Crippen molar-refractivity contribution in [1.29, 1.82) is 0 Å². The molecule has 2 aromatic rings. The summed E-state index contributed by atoms with van der Waals surface area (Å²) in [5.74, 6) is -2.04. The van der Waals surface area contributed by atoms with E-state index in [1.54, 1.807) is 0 Å². The molecule has 0 aromatic carbocycles. The first-order valence-electron chi connectivity index (χ1n) is 5.76. The van der Waals surface area contributed by atoms with Crippen molar-refractivity contribution in [1.82, 2.24) is 14.8 Å². The van der Waals surface area contributed by atoms with E-state index in [1.165, 1.54) is 4.68 Å². The third kappa shape index (κ3) is 2.05. The lowest BCUT2D eigenvalue weighted by Crippen LogP contribution is -2.09. The number of nitrogens with zero attached hydrogens (tertiary/aromatic N) is 3. The van der Waals surface area contributed by atoms with Crippen molar-refractivity contribution < 1.29 is 8.78 Å². The molecule has 2 aromatic heterocycles. The van der Waals surface area contributed by atoms with E-state index < -0.39 is 11.6 Å². The Bertz CT molecular complexity index is 578. The summed E-state index contributed by atoms with van der Waals surface area (Å²) in [5.41, 5.74) is 7.00. The molecule has 18 heavy (non-hydrogen) atoms. The van der Waals surface area contributed by atoms with Crippen LogP contribution in [0.15, 0.2) is 12.1 Å². The van der Waals surface area contributed by atoms with Gasteiger partial charge in [-0.05, 0) is 18.9 Å². The van der Waals surface area contributed by atoms with Gasteiger partial charge in [-0.15, -0.1) is 0 Å². The predicted octanol–water partition coefficient (Wildman–Crippen LogP) is 2.25. The van der Waals surface area contributed by atoms with E-state index in [1.807, 2.05) is 19.9 Å². The molecule has 2 rings (SSSR count).